The Morgan fingerprint density at radius 1 is 0.892 bits per heavy atom. The SMILES string of the molecule is COc1ccccc1N1CCN(c2ccc(NS(C)(=O)=O)cc2S(=O)(=O)NCCN2CCOCC2)CC1. The molecule has 0 unspecified atom stereocenters. The van der Waals surface area contributed by atoms with Gasteiger partial charge in [-0.15, -0.1) is 0 Å². The van der Waals surface area contributed by atoms with E-state index in [0.717, 1.165) is 30.8 Å². The number of ether oxygens (including phenoxy) is 2. The van der Waals surface area contributed by atoms with Crippen molar-refractivity contribution in [2.75, 3.05) is 93.5 Å². The standard InChI is InChI=1S/C24H35N5O6S2/c1-34-23-6-4-3-5-21(23)28-11-13-29(14-12-28)22-8-7-20(26-36(2,30)31)19-24(22)37(32,33)25-9-10-27-15-17-35-18-16-27/h3-8,19,25-26H,9-18H2,1-2H3. The third-order valence-electron chi connectivity index (χ3n) is 6.42. The van der Waals surface area contributed by atoms with Crippen LogP contribution >= 0.6 is 0 Å². The van der Waals surface area contributed by atoms with Crippen molar-refractivity contribution in [1.82, 2.24) is 9.62 Å². The van der Waals surface area contributed by atoms with Crippen LogP contribution < -0.4 is 24.0 Å². The van der Waals surface area contributed by atoms with Crippen LogP contribution in [0.2, 0.25) is 0 Å². The minimum atomic E-state index is -3.91. The summed E-state index contributed by atoms with van der Waals surface area (Å²) < 4.78 is 66.4. The number of benzene rings is 2. The third kappa shape index (κ3) is 7.26. The molecule has 2 aromatic carbocycles. The Morgan fingerprint density at radius 2 is 1.54 bits per heavy atom. The maximum Gasteiger partial charge on any atom is 0.242 e. The van der Waals surface area contributed by atoms with E-state index in [9.17, 15) is 16.8 Å². The number of sulfonamides is 2. The number of nitrogens with one attached hydrogen (secondary N) is 2. The molecule has 0 saturated carbocycles. The van der Waals surface area contributed by atoms with Crippen molar-refractivity contribution in [3.05, 3.63) is 42.5 Å². The van der Waals surface area contributed by atoms with Gasteiger partial charge >= 0.3 is 0 Å². The summed E-state index contributed by atoms with van der Waals surface area (Å²) in [5.41, 5.74) is 1.74. The quantitative estimate of drug-likeness (QED) is 0.444. The van der Waals surface area contributed by atoms with Crippen molar-refractivity contribution >= 4 is 37.1 Å². The van der Waals surface area contributed by atoms with Crippen LogP contribution in [0.5, 0.6) is 5.75 Å². The summed E-state index contributed by atoms with van der Waals surface area (Å²) in [6.07, 6.45) is 1.03. The molecule has 2 aliphatic heterocycles. The van der Waals surface area contributed by atoms with Gasteiger partial charge in [0.25, 0.3) is 0 Å². The molecule has 2 fully saturated rings. The van der Waals surface area contributed by atoms with Gasteiger partial charge in [-0.1, -0.05) is 12.1 Å². The lowest BCUT2D eigenvalue weighted by atomic mass is 10.2. The van der Waals surface area contributed by atoms with Gasteiger partial charge in [0.1, 0.15) is 10.6 Å². The van der Waals surface area contributed by atoms with E-state index >= 15 is 0 Å². The summed E-state index contributed by atoms with van der Waals surface area (Å²) >= 11 is 0. The fourth-order valence-corrected chi connectivity index (χ4v) is 6.41. The van der Waals surface area contributed by atoms with Crippen LogP contribution in [0.3, 0.4) is 0 Å². The van der Waals surface area contributed by atoms with Gasteiger partial charge in [0.05, 0.1) is 38.0 Å². The van der Waals surface area contributed by atoms with Crippen LogP contribution in [0.25, 0.3) is 0 Å². The first kappa shape index (κ1) is 27.5. The molecule has 4 rings (SSSR count). The van der Waals surface area contributed by atoms with E-state index in [-0.39, 0.29) is 17.1 Å². The molecule has 0 radical (unpaired) electrons. The number of methoxy groups -OCH3 is 1. The molecule has 0 amide bonds. The number of piperazine rings is 1. The van der Waals surface area contributed by atoms with Gasteiger partial charge in [0, 0.05) is 58.0 Å². The minimum absolute atomic E-state index is 0.0499. The molecule has 204 valence electrons. The van der Waals surface area contributed by atoms with E-state index in [1.807, 2.05) is 29.2 Å². The van der Waals surface area contributed by atoms with Gasteiger partial charge in [-0.3, -0.25) is 9.62 Å². The number of rotatable bonds is 10. The fraction of sp³-hybridized carbons (Fsp3) is 0.500. The lowest BCUT2D eigenvalue weighted by molar-refractivity contribution is 0.0390. The average Bonchev–Trinajstić information content (AvgIpc) is 2.88. The highest BCUT2D eigenvalue weighted by Crippen LogP contribution is 2.32. The van der Waals surface area contributed by atoms with Crippen LogP contribution in [0.1, 0.15) is 0 Å². The molecule has 13 heteroatoms. The monoisotopic (exact) mass is 553 g/mol. The molecule has 2 heterocycles. The Morgan fingerprint density at radius 3 is 2.19 bits per heavy atom. The van der Waals surface area contributed by atoms with Crippen LogP contribution in [0.15, 0.2) is 47.4 Å². The first-order valence-electron chi connectivity index (χ1n) is 12.2. The lowest BCUT2D eigenvalue weighted by Crippen LogP contribution is -2.47. The maximum atomic E-state index is 13.4. The molecular formula is C24H35N5O6S2. The predicted octanol–water partition coefficient (Wildman–Crippen LogP) is 1.00. The number of para-hydroxylation sites is 2. The van der Waals surface area contributed by atoms with E-state index in [2.05, 4.69) is 19.2 Å². The van der Waals surface area contributed by atoms with E-state index in [1.54, 1.807) is 19.2 Å². The summed E-state index contributed by atoms with van der Waals surface area (Å²) in [5, 5.41) is 0. The molecule has 0 spiro atoms. The molecule has 2 aromatic rings. The number of morpholine rings is 1. The van der Waals surface area contributed by atoms with Gasteiger partial charge in [0.2, 0.25) is 20.0 Å². The summed E-state index contributed by atoms with van der Waals surface area (Å²) in [6.45, 7) is 6.13. The smallest absolute Gasteiger partial charge is 0.242 e. The van der Waals surface area contributed by atoms with Gasteiger partial charge in [-0.25, -0.2) is 21.6 Å². The van der Waals surface area contributed by atoms with Crippen molar-refractivity contribution in [1.29, 1.82) is 0 Å². The molecule has 2 saturated heterocycles. The number of anilines is 3. The zero-order valence-electron chi connectivity index (χ0n) is 21.2. The first-order valence-corrected chi connectivity index (χ1v) is 15.6. The molecule has 2 N–H and O–H groups in total. The van der Waals surface area contributed by atoms with Gasteiger partial charge in [-0.05, 0) is 30.3 Å². The summed E-state index contributed by atoms with van der Waals surface area (Å²) in [4.78, 5) is 6.43. The third-order valence-corrected chi connectivity index (χ3v) is 8.52. The number of hydrogen-bond acceptors (Lipinski definition) is 9. The Bertz CT molecular complexity index is 1270. The number of hydrogen-bond donors (Lipinski definition) is 2. The second-order valence-corrected chi connectivity index (χ2v) is 12.5. The summed E-state index contributed by atoms with van der Waals surface area (Å²) in [7, 11) is -5.84. The normalized spacial score (nSPS) is 17.6. The molecular weight excluding hydrogens is 518 g/mol. The average molecular weight is 554 g/mol. The minimum Gasteiger partial charge on any atom is -0.495 e. The Labute approximate surface area is 219 Å². The molecule has 2 aliphatic rings. The molecule has 0 atom stereocenters. The lowest BCUT2D eigenvalue weighted by Gasteiger charge is -2.38. The van der Waals surface area contributed by atoms with Crippen molar-refractivity contribution in [3.8, 4) is 5.75 Å². The van der Waals surface area contributed by atoms with E-state index in [0.29, 0.717) is 51.6 Å². The summed E-state index contributed by atoms with van der Waals surface area (Å²) in [6, 6.07) is 12.5. The second-order valence-electron chi connectivity index (χ2n) is 9.05. The Hall–Kier alpha value is -2.58. The molecule has 0 bridgehead atoms. The maximum absolute atomic E-state index is 13.4. The topological polar surface area (TPSA) is 121 Å². The van der Waals surface area contributed by atoms with E-state index in [4.69, 9.17) is 9.47 Å². The number of nitrogens with zero attached hydrogens (tertiary/aromatic N) is 3. The molecule has 0 aromatic heterocycles. The van der Waals surface area contributed by atoms with Gasteiger partial charge < -0.3 is 19.3 Å². The predicted molar refractivity (Wildman–Crippen MR) is 145 cm³/mol. The van der Waals surface area contributed by atoms with E-state index in [1.165, 1.54) is 6.07 Å². The highest BCUT2D eigenvalue weighted by Gasteiger charge is 2.27. The zero-order chi connectivity index (χ0) is 26.5. The van der Waals surface area contributed by atoms with Gasteiger partial charge in [-0.2, -0.15) is 0 Å². The Balaban J connectivity index is 1.53. The van der Waals surface area contributed by atoms with Gasteiger partial charge in [0.15, 0.2) is 0 Å². The molecule has 0 aliphatic carbocycles. The van der Waals surface area contributed by atoms with Crippen LogP contribution in [0.4, 0.5) is 17.1 Å². The fourth-order valence-electron chi connectivity index (χ4n) is 4.59. The van der Waals surface area contributed by atoms with Crippen LogP contribution in [-0.4, -0.2) is 101 Å². The van der Waals surface area contributed by atoms with Crippen LogP contribution in [-0.2, 0) is 24.8 Å². The first-order chi connectivity index (χ1) is 17.7. The molecule has 11 nitrogen and oxygen atoms in total. The Kier molecular flexibility index (Phi) is 8.80. The highest BCUT2D eigenvalue weighted by molar-refractivity contribution is 7.92. The van der Waals surface area contributed by atoms with Crippen LogP contribution in [0, 0.1) is 0 Å². The summed E-state index contributed by atoms with van der Waals surface area (Å²) in [5.74, 6) is 0.792. The zero-order valence-corrected chi connectivity index (χ0v) is 22.9. The van der Waals surface area contributed by atoms with E-state index < -0.39 is 20.0 Å². The second kappa shape index (κ2) is 11.9. The molecule has 37 heavy (non-hydrogen) atoms. The van der Waals surface area contributed by atoms with Crippen molar-refractivity contribution < 1.29 is 26.3 Å². The van der Waals surface area contributed by atoms with Crippen molar-refractivity contribution in [2.24, 2.45) is 0 Å². The van der Waals surface area contributed by atoms with Crippen molar-refractivity contribution in [3.63, 3.8) is 0 Å². The largest absolute Gasteiger partial charge is 0.495 e. The highest BCUT2D eigenvalue weighted by atomic mass is 32.2. The van der Waals surface area contributed by atoms with Crippen molar-refractivity contribution in [2.45, 2.75) is 4.90 Å².